The first-order chi connectivity index (χ1) is 11.1. The highest BCUT2D eigenvalue weighted by atomic mass is 35.5. The number of amides is 1. The summed E-state index contributed by atoms with van der Waals surface area (Å²) in [4.78, 5) is 16.3. The zero-order valence-electron chi connectivity index (χ0n) is 12.5. The van der Waals surface area contributed by atoms with Crippen LogP contribution in [0.3, 0.4) is 0 Å². The van der Waals surface area contributed by atoms with Crippen molar-refractivity contribution in [3.63, 3.8) is 0 Å². The number of carbonyl (C=O) groups is 1. The lowest BCUT2D eigenvalue weighted by Crippen LogP contribution is -2.33. The van der Waals surface area contributed by atoms with Crippen LogP contribution < -0.4 is 10.6 Å². The predicted molar refractivity (Wildman–Crippen MR) is 88.7 cm³/mol. The molecule has 1 fully saturated rings. The van der Waals surface area contributed by atoms with Gasteiger partial charge in [-0.25, -0.2) is 4.39 Å². The monoisotopic (exact) mass is 333 g/mol. The molecule has 0 saturated heterocycles. The van der Waals surface area contributed by atoms with Crippen LogP contribution in [0.2, 0.25) is 5.02 Å². The zero-order chi connectivity index (χ0) is 16.2. The number of hydrogen-bond donors (Lipinski definition) is 2. The molecule has 1 aromatic heterocycles. The summed E-state index contributed by atoms with van der Waals surface area (Å²) in [5.41, 5.74) is 1.69. The lowest BCUT2D eigenvalue weighted by Gasteiger charge is -2.12. The van der Waals surface area contributed by atoms with Gasteiger partial charge in [0.05, 0.1) is 5.02 Å². The van der Waals surface area contributed by atoms with Gasteiger partial charge in [0.2, 0.25) is 0 Å². The van der Waals surface area contributed by atoms with E-state index >= 15 is 0 Å². The quantitative estimate of drug-likeness (QED) is 0.877. The fourth-order valence-electron chi connectivity index (χ4n) is 2.70. The highest BCUT2D eigenvalue weighted by Crippen LogP contribution is 2.23. The first kappa shape index (κ1) is 15.7. The Hall–Kier alpha value is -2.14. The number of aromatic nitrogens is 1. The van der Waals surface area contributed by atoms with Gasteiger partial charge in [-0.15, -0.1) is 0 Å². The van der Waals surface area contributed by atoms with Crippen LogP contribution in [0, 0.1) is 5.82 Å². The average Bonchev–Trinajstić information content (AvgIpc) is 3.04. The molecule has 0 radical (unpaired) electrons. The smallest absolute Gasteiger partial charge is 0.270 e. The average molecular weight is 334 g/mol. The van der Waals surface area contributed by atoms with Crippen molar-refractivity contribution in [1.29, 1.82) is 0 Å². The van der Waals surface area contributed by atoms with Crippen molar-refractivity contribution in [2.45, 2.75) is 31.7 Å². The number of hydrogen-bond acceptors (Lipinski definition) is 3. The van der Waals surface area contributed by atoms with Crippen LogP contribution in [-0.4, -0.2) is 16.9 Å². The normalized spacial score (nSPS) is 14.7. The molecule has 0 spiro atoms. The van der Waals surface area contributed by atoms with Gasteiger partial charge in [0.25, 0.3) is 5.91 Å². The molecule has 0 atom stereocenters. The van der Waals surface area contributed by atoms with Crippen molar-refractivity contribution in [3.8, 4) is 0 Å². The fraction of sp³-hybridized carbons (Fsp3) is 0.294. The third-order valence-corrected chi connectivity index (χ3v) is 4.18. The summed E-state index contributed by atoms with van der Waals surface area (Å²) in [6.45, 7) is 0. The van der Waals surface area contributed by atoms with E-state index in [9.17, 15) is 9.18 Å². The van der Waals surface area contributed by atoms with Crippen LogP contribution in [0.15, 0.2) is 36.5 Å². The second kappa shape index (κ2) is 6.96. The van der Waals surface area contributed by atoms with Gasteiger partial charge in [-0.05, 0) is 43.2 Å². The van der Waals surface area contributed by atoms with Crippen LogP contribution in [0.4, 0.5) is 15.8 Å². The van der Waals surface area contributed by atoms with Crippen LogP contribution in [0.1, 0.15) is 36.2 Å². The Morgan fingerprint density at radius 2 is 1.91 bits per heavy atom. The Kier molecular flexibility index (Phi) is 4.76. The van der Waals surface area contributed by atoms with Crippen LogP contribution >= 0.6 is 11.6 Å². The number of anilines is 2. The molecule has 0 unspecified atom stereocenters. The second-order valence-corrected chi connectivity index (χ2v) is 6.05. The molecule has 23 heavy (non-hydrogen) atoms. The second-order valence-electron chi connectivity index (χ2n) is 5.64. The molecule has 2 N–H and O–H groups in total. The molecule has 2 aromatic rings. The van der Waals surface area contributed by atoms with Crippen LogP contribution in [-0.2, 0) is 0 Å². The lowest BCUT2D eigenvalue weighted by molar-refractivity contribution is 0.0933. The third-order valence-electron chi connectivity index (χ3n) is 3.89. The fourth-order valence-corrected chi connectivity index (χ4v) is 2.88. The largest absolute Gasteiger partial charge is 0.355 e. The number of benzene rings is 1. The van der Waals surface area contributed by atoms with Gasteiger partial charge in [0, 0.05) is 23.6 Å². The van der Waals surface area contributed by atoms with Gasteiger partial charge >= 0.3 is 0 Å². The van der Waals surface area contributed by atoms with Gasteiger partial charge in [-0.1, -0.05) is 24.4 Å². The number of nitrogens with zero attached hydrogens (tertiary/aromatic N) is 1. The lowest BCUT2D eigenvalue weighted by atomic mass is 10.2. The van der Waals surface area contributed by atoms with Crippen molar-refractivity contribution in [3.05, 3.63) is 53.1 Å². The molecule has 120 valence electrons. The molecular formula is C17H17ClFN3O. The first-order valence-electron chi connectivity index (χ1n) is 7.61. The summed E-state index contributed by atoms with van der Waals surface area (Å²) in [7, 11) is 0. The van der Waals surface area contributed by atoms with Crippen molar-refractivity contribution < 1.29 is 9.18 Å². The number of pyridine rings is 1. The van der Waals surface area contributed by atoms with E-state index < -0.39 is 5.82 Å². The van der Waals surface area contributed by atoms with Gasteiger partial charge < -0.3 is 10.6 Å². The van der Waals surface area contributed by atoms with Gasteiger partial charge in [-0.2, -0.15) is 0 Å². The Labute approximate surface area is 139 Å². The molecule has 1 aromatic carbocycles. The standard InChI is InChI=1S/C17H17ClFN3O/c18-14-9-12(5-6-15(14)19)21-13-7-8-20-16(10-13)17(23)22-11-3-1-2-4-11/h5-11H,1-4H2,(H,20,21)(H,22,23). The van der Waals surface area contributed by atoms with E-state index in [1.165, 1.54) is 12.1 Å². The highest BCUT2D eigenvalue weighted by Gasteiger charge is 2.18. The van der Waals surface area contributed by atoms with Crippen LogP contribution in [0.25, 0.3) is 0 Å². The summed E-state index contributed by atoms with van der Waals surface area (Å²) in [5.74, 6) is -0.638. The minimum absolute atomic E-state index is 0.0447. The van der Waals surface area contributed by atoms with Gasteiger partial charge in [-0.3, -0.25) is 9.78 Å². The molecular weight excluding hydrogens is 317 g/mol. The van der Waals surface area contributed by atoms with E-state index in [1.807, 2.05) is 0 Å². The van der Waals surface area contributed by atoms with E-state index in [4.69, 9.17) is 11.6 Å². The zero-order valence-corrected chi connectivity index (χ0v) is 13.2. The Balaban J connectivity index is 1.71. The summed E-state index contributed by atoms with van der Waals surface area (Å²) in [6.07, 6.45) is 5.93. The van der Waals surface area contributed by atoms with E-state index in [1.54, 1.807) is 24.4 Å². The Morgan fingerprint density at radius 1 is 1.17 bits per heavy atom. The van der Waals surface area contributed by atoms with Gasteiger partial charge in [0.15, 0.2) is 0 Å². The predicted octanol–water partition coefficient (Wildman–Crippen LogP) is 4.29. The molecule has 3 rings (SSSR count). The molecule has 1 amide bonds. The minimum Gasteiger partial charge on any atom is -0.355 e. The third kappa shape index (κ3) is 3.99. The summed E-state index contributed by atoms with van der Waals surface area (Å²) in [6, 6.07) is 8.03. The molecule has 1 aliphatic rings. The summed E-state index contributed by atoms with van der Waals surface area (Å²) in [5, 5.41) is 6.14. The van der Waals surface area contributed by atoms with E-state index in [-0.39, 0.29) is 17.0 Å². The number of nitrogens with one attached hydrogen (secondary N) is 2. The number of carbonyl (C=O) groups excluding carboxylic acids is 1. The molecule has 0 bridgehead atoms. The molecule has 0 aliphatic heterocycles. The van der Waals surface area contributed by atoms with E-state index in [2.05, 4.69) is 15.6 Å². The molecule has 4 nitrogen and oxygen atoms in total. The maximum absolute atomic E-state index is 13.2. The van der Waals surface area contributed by atoms with E-state index in [0.717, 1.165) is 25.7 Å². The topological polar surface area (TPSA) is 54.0 Å². The number of halogens is 2. The van der Waals surface area contributed by atoms with Crippen molar-refractivity contribution in [2.75, 3.05) is 5.32 Å². The van der Waals surface area contributed by atoms with Crippen molar-refractivity contribution in [2.24, 2.45) is 0 Å². The summed E-state index contributed by atoms with van der Waals surface area (Å²) < 4.78 is 13.2. The SMILES string of the molecule is O=C(NC1CCCC1)c1cc(Nc2ccc(F)c(Cl)c2)ccn1. The number of rotatable bonds is 4. The highest BCUT2D eigenvalue weighted by molar-refractivity contribution is 6.31. The molecule has 1 aliphatic carbocycles. The minimum atomic E-state index is -0.469. The van der Waals surface area contributed by atoms with Crippen molar-refractivity contribution in [1.82, 2.24) is 10.3 Å². The molecule has 1 heterocycles. The van der Waals surface area contributed by atoms with Crippen LogP contribution in [0.5, 0.6) is 0 Å². The molecule has 1 saturated carbocycles. The maximum Gasteiger partial charge on any atom is 0.270 e. The van der Waals surface area contributed by atoms with Crippen molar-refractivity contribution >= 4 is 28.9 Å². The van der Waals surface area contributed by atoms with E-state index in [0.29, 0.717) is 17.1 Å². The molecule has 6 heteroatoms. The first-order valence-corrected chi connectivity index (χ1v) is 7.98. The maximum atomic E-state index is 13.2. The van der Waals surface area contributed by atoms with Gasteiger partial charge in [0.1, 0.15) is 11.5 Å². The Bertz CT molecular complexity index is 717. The Morgan fingerprint density at radius 3 is 2.65 bits per heavy atom. The summed E-state index contributed by atoms with van der Waals surface area (Å²) >= 11 is 5.77.